The Bertz CT molecular complexity index is 7370. The second kappa shape index (κ2) is 27.9. The van der Waals surface area contributed by atoms with Gasteiger partial charge in [0.2, 0.25) is 0 Å². The van der Waals surface area contributed by atoms with Gasteiger partial charge in [0.05, 0.1) is 33.6 Å². The van der Waals surface area contributed by atoms with Gasteiger partial charge in [0, 0.05) is 56.0 Å². The summed E-state index contributed by atoms with van der Waals surface area (Å²) in [7, 11) is 0. The zero-order valence-corrected chi connectivity index (χ0v) is 65.7. The van der Waals surface area contributed by atoms with E-state index in [1.54, 1.807) is 5.57 Å². The molecule has 0 fully saturated rings. The summed E-state index contributed by atoms with van der Waals surface area (Å²) in [5.74, 6) is 4.99. The maximum atomic E-state index is 7.37. The van der Waals surface area contributed by atoms with Crippen LogP contribution in [0.3, 0.4) is 0 Å². The van der Waals surface area contributed by atoms with Crippen LogP contribution in [0.25, 0.3) is 162 Å². The van der Waals surface area contributed by atoms with Crippen LogP contribution in [0.15, 0.2) is 406 Å². The molecule has 2 unspecified atom stereocenters. The van der Waals surface area contributed by atoms with Gasteiger partial charge < -0.3 is 9.47 Å². The highest BCUT2D eigenvalue weighted by Gasteiger charge is 2.57. The summed E-state index contributed by atoms with van der Waals surface area (Å²) in [4.78, 5) is 21.9. The highest BCUT2D eigenvalue weighted by atomic mass is 16.5. The van der Waals surface area contributed by atoms with E-state index in [1.165, 1.54) is 77.2 Å². The van der Waals surface area contributed by atoms with Gasteiger partial charge >= 0.3 is 0 Å². The van der Waals surface area contributed by atoms with E-state index in [0.29, 0.717) is 11.6 Å². The lowest BCUT2D eigenvalue weighted by Crippen LogP contribution is -2.43. The van der Waals surface area contributed by atoms with E-state index in [-0.39, 0.29) is 5.92 Å². The van der Waals surface area contributed by atoms with Crippen molar-refractivity contribution < 1.29 is 9.47 Å². The Morgan fingerprint density at radius 3 is 1.46 bits per heavy atom. The number of hydrogen-bond acceptors (Lipinski definition) is 6. The first-order valence-corrected chi connectivity index (χ1v) is 41.9. The third-order valence-corrected chi connectivity index (χ3v) is 26.3. The molecule has 24 rings (SSSR count). The first-order valence-electron chi connectivity index (χ1n) is 41.9. The second-order valence-electron chi connectivity index (χ2n) is 32.7. The van der Waals surface area contributed by atoms with E-state index >= 15 is 0 Å². The lowest BCUT2D eigenvalue weighted by molar-refractivity contribution is 0.246. The summed E-state index contributed by atoms with van der Waals surface area (Å²) in [6.45, 7) is 0. The van der Waals surface area contributed by atoms with Gasteiger partial charge in [-0.1, -0.05) is 339 Å². The van der Waals surface area contributed by atoms with Crippen molar-refractivity contribution >= 4 is 27.1 Å². The third kappa shape index (κ3) is 10.9. The van der Waals surface area contributed by atoms with E-state index in [2.05, 4.69) is 388 Å². The molecule has 0 radical (unpaired) electrons. The molecule has 0 bridgehead atoms. The smallest absolute Gasteiger partial charge is 0.160 e. The molecule has 0 saturated heterocycles. The first-order chi connectivity index (χ1) is 59.4. The molecule has 4 heterocycles. The lowest BCUT2D eigenvalue weighted by atomic mass is 9.58. The predicted molar refractivity (Wildman–Crippen MR) is 488 cm³/mol. The van der Waals surface area contributed by atoms with Gasteiger partial charge in [-0.2, -0.15) is 0 Å². The Morgan fingerprint density at radius 2 is 0.742 bits per heavy atom. The molecule has 6 aliphatic rings. The molecule has 2 spiro atoms. The van der Waals surface area contributed by atoms with Crippen molar-refractivity contribution in [2.75, 3.05) is 0 Å². The van der Waals surface area contributed by atoms with Gasteiger partial charge in [0.25, 0.3) is 0 Å². The number of allylic oxidation sites excluding steroid dienone is 6. The summed E-state index contributed by atoms with van der Waals surface area (Å²) < 4.78 is 14.5. The van der Waals surface area contributed by atoms with Crippen LogP contribution in [-0.4, -0.2) is 19.9 Å². The zero-order chi connectivity index (χ0) is 79.0. The van der Waals surface area contributed by atoms with Gasteiger partial charge in [-0.3, -0.25) is 0 Å². The van der Waals surface area contributed by atoms with Crippen LogP contribution in [0.2, 0.25) is 0 Å². The molecule has 120 heavy (non-hydrogen) atoms. The molecule has 0 amide bonds. The Labute approximate surface area is 697 Å². The molecule has 18 aromatic rings. The quantitative estimate of drug-likeness (QED) is 0.120. The molecule has 2 atom stereocenters. The fourth-order valence-corrected chi connectivity index (χ4v) is 21.1. The fraction of sp³-hybridized carbons (Fsp3) is 0.0702. The van der Waals surface area contributed by atoms with Crippen LogP contribution in [0.4, 0.5) is 0 Å². The summed E-state index contributed by atoms with van der Waals surface area (Å²) in [6.07, 6.45) is 12.0. The topological polar surface area (TPSA) is 70.0 Å². The van der Waals surface area contributed by atoms with Gasteiger partial charge in [0.15, 0.2) is 11.6 Å². The van der Waals surface area contributed by atoms with E-state index in [1.807, 2.05) is 6.07 Å². The number of para-hydroxylation sites is 1. The first kappa shape index (κ1) is 69.3. The Kier molecular flexibility index (Phi) is 16.1. The van der Waals surface area contributed by atoms with Crippen LogP contribution < -0.4 is 9.47 Å². The van der Waals surface area contributed by atoms with E-state index in [9.17, 15) is 0 Å². The van der Waals surface area contributed by atoms with E-state index < -0.39 is 10.8 Å². The number of hydrogen-bond donors (Lipinski definition) is 0. The number of rotatable bonds is 11. The number of aromatic nitrogens is 4. The van der Waals surface area contributed by atoms with Crippen LogP contribution in [-0.2, 0) is 10.8 Å². The largest absolute Gasteiger partial charge is 0.461 e. The summed E-state index contributed by atoms with van der Waals surface area (Å²) in [5.41, 5.74) is 33.7. The van der Waals surface area contributed by atoms with Crippen LogP contribution in [0.5, 0.6) is 17.2 Å². The second-order valence-corrected chi connectivity index (χ2v) is 32.7. The minimum absolute atomic E-state index is 0.0651. The van der Waals surface area contributed by atoms with Gasteiger partial charge in [-0.25, -0.2) is 19.9 Å². The fourth-order valence-electron chi connectivity index (χ4n) is 21.1. The van der Waals surface area contributed by atoms with E-state index in [4.69, 9.17) is 29.4 Å². The number of ether oxygens (including phenoxy) is 2. The lowest BCUT2D eigenvalue weighted by Gasteiger charge is -2.47. The standard InChI is InChI=1S/C114H76N4O2/c1-3-27-71(28-4-1)74-32-25-37-83(65-74)112-116-102(69-105(118-112)92-44-12-10-40-86(92)79-58-61-99-108(67-79)119-106-53-21-19-50-97(106)113(99)94-47-16-13-41-89(94)90-42-14-17-48-95(90)113)81-36-24-34-76(64-81)75-33-23-35-77(63-75)88-46-26-52-101-110(88)93-45-15-18-49-96(93)114(101)98-51-20-22-54-107(98)120-109-68-80(59-62-100(109)114)85-39-9-11-43-91(85)104-70-103(115-111(117-104)73-30-5-2-6-31-73)82-57-60-87-78(66-82)56-55-72-29-7-8-38-84(72)87/h1-14,16-17,19-44,46-48,50,52-70,98H,15,18,45,49,51H2. The molecular weight excluding hydrogens is 1460 g/mol. The predicted octanol–water partition coefficient (Wildman–Crippen LogP) is 28.9. The molecule has 0 N–H and O–H groups in total. The van der Waals surface area contributed by atoms with Crippen molar-refractivity contribution in [2.45, 2.75) is 42.9 Å². The van der Waals surface area contributed by atoms with Crippen molar-refractivity contribution in [1.82, 2.24) is 19.9 Å². The van der Waals surface area contributed by atoms with Crippen LogP contribution in [0.1, 0.15) is 71.0 Å². The molecule has 0 saturated carbocycles. The van der Waals surface area contributed by atoms with Crippen molar-refractivity contribution in [3.63, 3.8) is 0 Å². The van der Waals surface area contributed by atoms with Gasteiger partial charge in [-0.05, 0) is 209 Å². The maximum Gasteiger partial charge on any atom is 0.160 e. The molecule has 4 aliphatic carbocycles. The summed E-state index contributed by atoms with van der Waals surface area (Å²) >= 11 is 0. The highest BCUT2D eigenvalue weighted by molar-refractivity contribution is 6.09. The maximum absolute atomic E-state index is 7.37. The molecule has 6 heteroatoms. The summed E-state index contributed by atoms with van der Waals surface area (Å²) in [6, 6.07) is 137. The van der Waals surface area contributed by atoms with Gasteiger partial charge in [0.1, 0.15) is 23.0 Å². The molecular formula is C114H76N4O2. The van der Waals surface area contributed by atoms with E-state index in [0.717, 1.165) is 167 Å². The summed E-state index contributed by atoms with van der Waals surface area (Å²) in [5, 5.41) is 4.86. The van der Waals surface area contributed by atoms with Crippen molar-refractivity contribution in [1.29, 1.82) is 0 Å². The van der Waals surface area contributed by atoms with Crippen LogP contribution >= 0.6 is 0 Å². The Hall–Kier alpha value is -15.0. The normalized spacial score (nSPS) is 16.0. The molecule has 2 aromatic heterocycles. The highest BCUT2D eigenvalue weighted by Crippen LogP contribution is 2.67. The molecule has 6 nitrogen and oxygen atoms in total. The number of fused-ring (bicyclic) bond motifs is 20. The van der Waals surface area contributed by atoms with Crippen LogP contribution in [0, 0.1) is 5.92 Å². The zero-order valence-electron chi connectivity index (χ0n) is 65.7. The SMILES string of the molecule is C1=CCC2C(=C1)Oc1cc(-c3ccccc3-c3cc(-c4ccc5c(ccc6ccccc65)c4)nc(-c4ccccc4)n3)ccc1C21C2=C(CCCC2)c2c(-c3cccc(-c4cccc(-c5cc(-c6ccccc6-c6ccc7c(c6)Oc6ccccc6C76c7ccccc7-c7ccccc76)nc(-c6cccc(-c7ccccc7)c6)n5)c4)c3)cccc21. The monoisotopic (exact) mass is 1530 g/mol. The van der Waals surface area contributed by atoms with Crippen molar-refractivity contribution in [3.8, 4) is 152 Å². The minimum atomic E-state index is -0.574. The molecule has 564 valence electrons. The van der Waals surface area contributed by atoms with Crippen molar-refractivity contribution in [3.05, 3.63) is 445 Å². The van der Waals surface area contributed by atoms with Crippen molar-refractivity contribution in [2.24, 2.45) is 5.92 Å². The average Bonchev–Trinajstić information content (AvgIpc) is 1.50. The number of benzene rings is 16. The molecule has 16 aromatic carbocycles. The minimum Gasteiger partial charge on any atom is -0.461 e. The van der Waals surface area contributed by atoms with Gasteiger partial charge in [-0.15, -0.1) is 0 Å². The average molecular weight is 1530 g/mol. The Balaban J connectivity index is 0.602. The number of nitrogens with zero attached hydrogens (tertiary/aromatic N) is 4. The third-order valence-electron chi connectivity index (χ3n) is 26.3. The Morgan fingerprint density at radius 1 is 0.275 bits per heavy atom. The molecule has 2 aliphatic heterocycles.